The molecule has 148 valence electrons. The second-order valence-corrected chi connectivity index (χ2v) is 9.92. The van der Waals surface area contributed by atoms with E-state index >= 15 is 0 Å². The Bertz CT molecular complexity index is 845. The van der Waals surface area contributed by atoms with Crippen molar-refractivity contribution in [3.8, 4) is 0 Å². The highest BCUT2D eigenvalue weighted by atomic mass is 16.7. The maximum Gasteiger partial charge on any atom is 0.608 e. The molecule has 1 aromatic carbocycles. The zero-order valence-electron chi connectivity index (χ0n) is 16.8. The Balaban J connectivity index is 1.55. The number of carbonyl (C=O) groups is 2. The minimum absolute atomic E-state index is 0.218. The zero-order valence-corrected chi connectivity index (χ0v) is 16.8. The molecule has 2 bridgehead atoms. The molecule has 6 rings (SSSR count). The van der Waals surface area contributed by atoms with Crippen molar-refractivity contribution < 1.29 is 23.3 Å². The molecule has 0 aromatic heterocycles. The molecule has 5 aliphatic rings. The van der Waals surface area contributed by atoms with Gasteiger partial charge in [-0.15, -0.1) is 0 Å². The summed E-state index contributed by atoms with van der Waals surface area (Å²) in [5.74, 6) is 3.05. The van der Waals surface area contributed by atoms with E-state index in [1.165, 1.54) is 6.42 Å². The Kier molecular flexibility index (Phi) is 3.68. The van der Waals surface area contributed by atoms with E-state index < -0.39 is 6.69 Å². The van der Waals surface area contributed by atoms with Crippen LogP contribution in [0, 0.1) is 23.2 Å². The number of nitrogens with zero attached hydrogens (tertiary/aromatic N) is 1. The first kappa shape index (κ1) is 18.0. The molecular formula is C22H28BNO4. The van der Waals surface area contributed by atoms with Gasteiger partial charge in [-0.05, 0) is 35.7 Å². The normalized spacial score (nSPS) is 43.4. The third-order valence-electron chi connectivity index (χ3n) is 8.47. The molecule has 1 unspecified atom stereocenters. The summed E-state index contributed by atoms with van der Waals surface area (Å²) in [6, 6.07) is 10.1. The lowest BCUT2D eigenvalue weighted by atomic mass is 9.43. The second kappa shape index (κ2) is 5.72. The fourth-order valence-corrected chi connectivity index (χ4v) is 6.83. The van der Waals surface area contributed by atoms with Crippen molar-refractivity contribution in [2.75, 3.05) is 13.1 Å². The van der Waals surface area contributed by atoms with Gasteiger partial charge in [0.15, 0.2) is 0 Å². The largest absolute Gasteiger partial charge is 0.608 e. The topological polar surface area (TPSA) is 52.6 Å². The number of carbonyl (C=O) groups excluding carboxylic acids is 2. The van der Waals surface area contributed by atoms with Crippen LogP contribution in [0.3, 0.4) is 0 Å². The van der Waals surface area contributed by atoms with Gasteiger partial charge < -0.3 is 13.7 Å². The smallest absolute Gasteiger partial charge is 0.596 e. The van der Waals surface area contributed by atoms with Gasteiger partial charge in [0.1, 0.15) is 13.1 Å². The van der Waals surface area contributed by atoms with Gasteiger partial charge in [0.05, 0.1) is 6.04 Å². The van der Waals surface area contributed by atoms with Gasteiger partial charge in [-0.25, -0.2) is 0 Å². The fourth-order valence-electron chi connectivity index (χ4n) is 6.83. The van der Waals surface area contributed by atoms with Crippen LogP contribution in [-0.2, 0) is 18.9 Å². The molecule has 0 amide bonds. The average molecular weight is 381 g/mol. The molecule has 28 heavy (non-hydrogen) atoms. The van der Waals surface area contributed by atoms with Crippen LogP contribution in [0.15, 0.2) is 36.3 Å². The van der Waals surface area contributed by atoms with E-state index in [1.54, 1.807) is 0 Å². The molecule has 0 spiro atoms. The highest BCUT2D eigenvalue weighted by Gasteiger charge is 2.71. The Morgan fingerprint density at radius 3 is 2.29 bits per heavy atom. The van der Waals surface area contributed by atoms with Crippen molar-refractivity contribution in [2.24, 2.45) is 23.2 Å². The van der Waals surface area contributed by atoms with E-state index in [9.17, 15) is 9.59 Å². The fraction of sp³-hybridized carbons (Fsp3) is 0.545. The van der Waals surface area contributed by atoms with Gasteiger partial charge in [0.2, 0.25) is 0 Å². The zero-order chi connectivity index (χ0) is 19.7. The van der Waals surface area contributed by atoms with Crippen LogP contribution in [0.4, 0.5) is 0 Å². The molecule has 0 N–H and O–H groups in total. The van der Waals surface area contributed by atoms with Crippen LogP contribution in [0.5, 0.6) is 0 Å². The Labute approximate surface area is 166 Å². The quantitative estimate of drug-likeness (QED) is 0.755. The summed E-state index contributed by atoms with van der Waals surface area (Å²) in [6.45, 7) is 5.34. The first-order valence-electron chi connectivity index (χ1n) is 10.5. The lowest BCUT2D eigenvalue weighted by Gasteiger charge is -2.66. The number of hydrogen-bond donors (Lipinski definition) is 0. The third-order valence-corrected chi connectivity index (χ3v) is 8.47. The van der Waals surface area contributed by atoms with Gasteiger partial charge in [-0.2, -0.15) is 0 Å². The first-order chi connectivity index (χ1) is 13.3. The van der Waals surface area contributed by atoms with Crippen molar-refractivity contribution in [2.45, 2.75) is 39.7 Å². The molecule has 5 nitrogen and oxygen atoms in total. The molecule has 1 aromatic rings. The van der Waals surface area contributed by atoms with Gasteiger partial charge >= 0.3 is 18.6 Å². The molecule has 2 heterocycles. The summed E-state index contributed by atoms with van der Waals surface area (Å²) in [5, 5.41) is 0. The Morgan fingerprint density at radius 2 is 1.71 bits per heavy atom. The molecule has 0 radical (unpaired) electrons. The minimum atomic E-state index is -2.16. The SMILES string of the molecule is C[C@@H]1C2C[C@@H](C[C@H]1[N+]13CC(=O)O[B-]1(/C=C/c1ccccc1)OC(=O)C3)C2(C)C. The average Bonchev–Trinajstić information content (AvgIpc) is 3.06. The molecule has 3 aliphatic carbocycles. The number of hydrogen-bond acceptors (Lipinski definition) is 4. The highest BCUT2D eigenvalue weighted by Crippen LogP contribution is 2.64. The van der Waals surface area contributed by atoms with Gasteiger partial charge in [-0.3, -0.25) is 9.59 Å². The third kappa shape index (κ3) is 2.24. The van der Waals surface area contributed by atoms with Crippen molar-refractivity contribution >= 4 is 24.7 Å². The van der Waals surface area contributed by atoms with Crippen molar-refractivity contribution in [1.82, 2.24) is 0 Å². The van der Waals surface area contributed by atoms with Crippen LogP contribution in [0.1, 0.15) is 39.2 Å². The van der Waals surface area contributed by atoms with Crippen LogP contribution < -0.4 is 0 Å². The van der Waals surface area contributed by atoms with Crippen LogP contribution in [-0.4, -0.2) is 42.2 Å². The predicted molar refractivity (Wildman–Crippen MR) is 106 cm³/mol. The maximum absolute atomic E-state index is 12.5. The monoisotopic (exact) mass is 381 g/mol. The van der Waals surface area contributed by atoms with E-state index in [4.69, 9.17) is 9.31 Å². The van der Waals surface area contributed by atoms with E-state index in [0.29, 0.717) is 27.6 Å². The summed E-state index contributed by atoms with van der Waals surface area (Å²) >= 11 is 0. The second-order valence-electron chi connectivity index (χ2n) is 9.92. The van der Waals surface area contributed by atoms with E-state index in [1.807, 2.05) is 42.4 Å². The highest BCUT2D eigenvalue weighted by molar-refractivity contribution is 6.71. The van der Waals surface area contributed by atoms with Gasteiger partial charge in [0.25, 0.3) is 0 Å². The summed E-state index contributed by atoms with van der Waals surface area (Å²) in [4.78, 5) is 25.0. The minimum Gasteiger partial charge on any atom is -0.596 e. The molecule has 5 fully saturated rings. The number of fused-ring (bicyclic) bond motifs is 4. The number of benzene rings is 1. The van der Waals surface area contributed by atoms with E-state index in [2.05, 4.69) is 20.8 Å². The lowest BCUT2D eigenvalue weighted by Crippen LogP contribution is -2.73. The summed E-state index contributed by atoms with van der Waals surface area (Å²) in [7, 11) is 0. The number of quaternary nitrogens is 1. The first-order valence-corrected chi connectivity index (χ1v) is 10.5. The molecular weight excluding hydrogens is 353 g/mol. The van der Waals surface area contributed by atoms with E-state index in [-0.39, 0.29) is 31.1 Å². The molecule has 6 heteroatoms. The standard InChI is InChI=1S/C22H28BNO4/c1-15-18-11-17(22(18,2)3)12-19(15)24-13-20(25)27-23(24,28-21(26)14-24)10-9-16-7-5-4-6-8-16/h4-10,15,17-19H,11-14H2,1-3H3/b10-9+/t15-,17+,18?,19-,23?,24?/m1/s1. The summed E-state index contributed by atoms with van der Waals surface area (Å²) in [5.41, 5.74) is 1.35. The molecule has 3 saturated carbocycles. The van der Waals surface area contributed by atoms with Crippen LogP contribution >= 0.6 is 0 Å². The summed E-state index contributed by atoms with van der Waals surface area (Å²) in [6.07, 6.45) is 4.22. The van der Waals surface area contributed by atoms with Gasteiger partial charge in [0, 0.05) is 5.92 Å². The number of rotatable bonds is 3. The predicted octanol–water partition coefficient (Wildman–Crippen LogP) is 3.18. The molecule has 2 saturated heterocycles. The van der Waals surface area contributed by atoms with Crippen LogP contribution in [0.2, 0.25) is 0 Å². The van der Waals surface area contributed by atoms with Crippen molar-refractivity contribution in [3.05, 3.63) is 41.9 Å². The van der Waals surface area contributed by atoms with Crippen LogP contribution in [0.25, 0.3) is 6.08 Å². The van der Waals surface area contributed by atoms with Crippen molar-refractivity contribution in [1.29, 1.82) is 0 Å². The Hall–Kier alpha value is -2.08. The summed E-state index contributed by atoms with van der Waals surface area (Å²) < 4.78 is 12.0. The van der Waals surface area contributed by atoms with E-state index in [0.717, 1.165) is 12.0 Å². The Morgan fingerprint density at radius 1 is 1.07 bits per heavy atom. The maximum atomic E-state index is 12.5. The lowest BCUT2D eigenvalue weighted by molar-refractivity contribution is -0.850. The van der Waals surface area contributed by atoms with Crippen molar-refractivity contribution in [3.63, 3.8) is 0 Å². The molecule has 2 aliphatic heterocycles. The van der Waals surface area contributed by atoms with Gasteiger partial charge in [-0.1, -0.05) is 63.2 Å². The molecule has 4 atom stereocenters.